The second kappa shape index (κ2) is 5.34. The first-order valence-electron chi connectivity index (χ1n) is 6.08. The molecule has 0 aromatic heterocycles. The standard InChI is InChI=1S/C13H21FO3SSi/c1-13(2,3)19(4,5)17-10-18(15,16)12-8-6-11(14)7-9-12/h6-9H,10H2,1-5H3. The normalized spacial score (nSPS) is 13.6. The van der Waals surface area contributed by atoms with Gasteiger partial charge < -0.3 is 4.43 Å². The van der Waals surface area contributed by atoms with E-state index in [0.717, 1.165) is 12.1 Å². The summed E-state index contributed by atoms with van der Waals surface area (Å²) in [6.07, 6.45) is 0. The van der Waals surface area contributed by atoms with Gasteiger partial charge in [0.05, 0.1) is 4.90 Å². The second-order valence-corrected chi connectivity index (χ2v) is 12.8. The molecule has 19 heavy (non-hydrogen) atoms. The molecule has 0 saturated carbocycles. The maximum atomic E-state index is 12.8. The highest BCUT2D eigenvalue weighted by atomic mass is 32.2. The molecule has 0 N–H and O–H groups in total. The molecule has 0 radical (unpaired) electrons. The summed E-state index contributed by atoms with van der Waals surface area (Å²) < 4.78 is 42.7. The van der Waals surface area contributed by atoms with Gasteiger partial charge in [-0.2, -0.15) is 0 Å². The fourth-order valence-corrected chi connectivity index (χ4v) is 4.07. The Morgan fingerprint density at radius 1 is 1.16 bits per heavy atom. The first-order valence-corrected chi connectivity index (χ1v) is 10.6. The lowest BCUT2D eigenvalue weighted by atomic mass is 10.2. The number of rotatable bonds is 4. The molecular formula is C13H21FO3SSi. The summed E-state index contributed by atoms with van der Waals surface area (Å²) in [5, 5.41) is -0.0503. The molecule has 0 unspecified atom stereocenters. The number of sulfone groups is 1. The largest absolute Gasteiger partial charge is 0.403 e. The SMILES string of the molecule is CC(C)(C)[Si](C)(C)OCS(=O)(=O)c1ccc(F)cc1. The van der Waals surface area contributed by atoms with E-state index in [1.54, 1.807) is 0 Å². The Labute approximate surface area is 115 Å². The summed E-state index contributed by atoms with van der Waals surface area (Å²) in [7, 11) is -5.64. The van der Waals surface area contributed by atoms with Crippen LogP contribution in [0, 0.1) is 5.82 Å². The summed E-state index contributed by atoms with van der Waals surface area (Å²) >= 11 is 0. The third-order valence-corrected chi connectivity index (χ3v) is 9.66. The van der Waals surface area contributed by atoms with Gasteiger partial charge in [-0.15, -0.1) is 0 Å². The molecule has 1 rings (SSSR count). The van der Waals surface area contributed by atoms with E-state index >= 15 is 0 Å². The molecule has 0 saturated heterocycles. The molecule has 108 valence electrons. The van der Waals surface area contributed by atoms with Crippen LogP contribution in [0.2, 0.25) is 18.1 Å². The van der Waals surface area contributed by atoms with Gasteiger partial charge >= 0.3 is 0 Å². The minimum absolute atomic E-state index is 0.0503. The summed E-state index contributed by atoms with van der Waals surface area (Å²) in [5.74, 6) is -0.806. The van der Waals surface area contributed by atoms with Crippen LogP contribution >= 0.6 is 0 Å². The maximum absolute atomic E-state index is 12.8. The summed E-state index contributed by atoms with van der Waals surface area (Å²) in [6.45, 7) is 10.1. The zero-order valence-electron chi connectivity index (χ0n) is 12.0. The van der Waals surface area contributed by atoms with Crippen LogP contribution in [0.15, 0.2) is 29.2 Å². The van der Waals surface area contributed by atoms with Crippen molar-refractivity contribution in [2.75, 3.05) is 5.94 Å². The fourth-order valence-electron chi connectivity index (χ4n) is 1.15. The van der Waals surface area contributed by atoms with Crippen LogP contribution in [0.4, 0.5) is 4.39 Å². The predicted molar refractivity (Wildman–Crippen MR) is 76.7 cm³/mol. The van der Waals surface area contributed by atoms with E-state index in [1.165, 1.54) is 12.1 Å². The van der Waals surface area contributed by atoms with Gasteiger partial charge in [0.25, 0.3) is 0 Å². The minimum Gasteiger partial charge on any atom is -0.403 e. The molecule has 0 aliphatic rings. The lowest BCUT2D eigenvalue weighted by Gasteiger charge is -2.35. The average Bonchev–Trinajstić information content (AvgIpc) is 2.26. The van der Waals surface area contributed by atoms with Crippen LogP contribution in [0.3, 0.4) is 0 Å². The van der Waals surface area contributed by atoms with E-state index in [-0.39, 0.29) is 15.9 Å². The molecule has 3 nitrogen and oxygen atoms in total. The molecule has 0 aliphatic heterocycles. The molecule has 1 aromatic rings. The van der Waals surface area contributed by atoms with Gasteiger partial charge in [-0.1, -0.05) is 20.8 Å². The van der Waals surface area contributed by atoms with E-state index in [0.29, 0.717) is 0 Å². The smallest absolute Gasteiger partial charge is 0.201 e. The zero-order chi connectivity index (χ0) is 14.9. The molecule has 0 bridgehead atoms. The Morgan fingerprint density at radius 3 is 2.05 bits per heavy atom. The second-order valence-electron chi connectivity index (χ2n) is 6.09. The van der Waals surface area contributed by atoms with Crippen molar-refractivity contribution < 1.29 is 17.2 Å². The number of halogens is 1. The Bertz CT molecular complexity index is 530. The molecule has 0 fully saturated rings. The van der Waals surface area contributed by atoms with Gasteiger partial charge in [0.15, 0.2) is 8.32 Å². The monoisotopic (exact) mass is 304 g/mol. The Balaban J connectivity index is 2.85. The molecule has 0 heterocycles. The highest BCUT2D eigenvalue weighted by molar-refractivity contribution is 7.91. The first-order chi connectivity index (χ1) is 8.46. The van der Waals surface area contributed by atoms with E-state index in [1.807, 2.05) is 33.9 Å². The van der Waals surface area contributed by atoms with Crippen LogP contribution in [-0.4, -0.2) is 22.7 Å². The molecular weight excluding hydrogens is 283 g/mol. The van der Waals surface area contributed by atoms with Crippen LogP contribution in [0.25, 0.3) is 0 Å². The van der Waals surface area contributed by atoms with Gasteiger partial charge in [-0.25, -0.2) is 12.8 Å². The number of hydrogen-bond donors (Lipinski definition) is 0. The van der Waals surface area contributed by atoms with Crippen molar-refractivity contribution in [3.05, 3.63) is 30.1 Å². The molecule has 0 amide bonds. The summed E-state index contributed by atoms with van der Waals surface area (Å²) in [4.78, 5) is 0.0904. The van der Waals surface area contributed by atoms with Crippen molar-refractivity contribution >= 4 is 18.2 Å². The van der Waals surface area contributed by atoms with Gasteiger partial charge in [0, 0.05) is 0 Å². The Kier molecular flexibility index (Phi) is 4.59. The minimum atomic E-state index is -3.52. The number of benzene rings is 1. The summed E-state index contributed by atoms with van der Waals surface area (Å²) in [5.41, 5.74) is 0. The van der Waals surface area contributed by atoms with Crippen molar-refractivity contribution in [3.63, 3.8) is 0 Å². The third-order valence-electron chi connectivity index (χ3n) is 3.55. The summed E-state index contributed by atoms with van der Waals surface area (Å²) in [6, 6.07) is 4.80. The lowest BCUT2D eigenvalue weighted by molar-refractivity contribution is 0.342. The fraction of sp³-hybridized carbons (Fsp3) is 0.538. The van der Waals surface area contributed by atoms with Crippen LogP contribution in [0.1, 0.15) is 20.8 Å². The topological polar surface area (TPSA) is 43.4 Å². The van der Waals surface area contributed by atoms with Crippen molar-refractivity contribution in [1.82, 2.24) is 0 Å². The van der Waals surface area contributed by atoms with E-state index in [9.17, 15) is 12.8 Å². The van der Waals surface area contributed by atoms with E-state index in [2.05, 4.69) is 0 Å². The molecule has 0 spiro atoms. The Hall–Kier alpha value is -0.723. The quantitative estimate of drug-likeness (QED) is 0.631. The van der Waals surface area contributed by atoms with Gasteiger partial charge in [0.2, 0.25) is 9.84 Å². The molecule has 0 aliphatic carbocycles. The van der Waals surface area contributed by atoms with Crippen molar-refractivity contribution in [1.29, 1.82) is 0 Å². The van der Waals surface area contributed by atoms with E-state index < -0.39 is 24.0 Å². The molecule has 6 heteroatoms. The zero-order valence-corrected chi connectivity index (χ0v) is 13.8. The van der Waals surface area contributed by atoms with Crippen molar-refractivity contribution in [2.45, 2.75) is 43.8 Å². The van der Waals surface area contributed by atoms with Crippen LogP contribution < -0.4 is 0 Å². The van der Waals surface area contributed by atoms with Gasteiger partial charge in [-0.3, -0.25) is 0 Å². The average molecular weight is 304 g/mol. The maximum Gasteiger partial charge on any atom is 0.201 e. The van der Waals surface area contributed by atoms with Crippen molar-refractivity contribution in [2.24, 2.45) is 0 Å². The van der Waals surface area contributed by atoms with E-state index in [4.69, 9.17) is 4.43 Å². The Morgan fingerprint density at radius 2 is 1.63 bits per heavy atom. The van der Waals surface area contributed by atoms with Gasteiger partial charge in [-0.05, 0) is 42.4 Å². The third kappa shape index (κ3) is 4.12. The molecule has 0 atom stereocenters. The highest BCUT2D eigenvalue weighted by Crippen LogP contribution is 2.36. The lowest BCUT2D eigenvalue weighted by Crippen LogP contribution is -2.42. The molecule has 1 aromatic carbocycles. The van der Waals surface area contributed by atoms with Crippen molar-refractivity contribution in [3.8, 4) is 0 Å². The van der Waals surface area contributed by atoms with Crippen LogP contribution in [-0.2, 0) is 14.3 Å². The first kappa shape index (κ1) is 16.3. The number of hydrogen-bond acceptors (Lipinski definition) is 3. The van der Waals surface area contributed by atoms with Gasteiger partial charge in [0.1, 0.15) is 11.8 Å². The van der Waals surface area contributed by atoms with Crippen LogP contribution in [0.5, 0.6) is 0 Å². The highest BCUT2D eigenvalue weighted by Gasteiger charge is 2.38. The predicted octanol–water partition coefficient (Wildman–Crippen LogP) is 3.58.